The van der Waals surface area contributed by atoms with Crippen molar-refractivity contribution in [2.24, 2.45) is 0 Å². The predicted octanol–water partition coefficient (Wildman–Crippen LogP) is 0.900. The first-order valence-corrected chi connectivity index (χ1v) is 40.1. The smallest absolute Gasteiger partial charge is 0.340 e. The first-order chi connectivity index (χ1) is 66.7. The van der Waals surface area contributed by atoms with Gasteiger partial charge in [-0.1, -0.05) is 0 Å². The maximum absolute atomic E-state index is 17.1. The van der Waals surface area contributed by atoms with Gasteiger partial charge in [-0.2, -0.15) is 0 Å². The van der Waals surface area contributed by atoms with Crippen LogP contribution in [0, 0.1) is 0 Å². The van der Waals surface area contributed by atoms with E-state index in [1.165, 1.54) is 0 Å². The summed E-state index contributed by atoms with van der Waals surface area (Å²) in [6.07, 6.45) is -36.6. The molecule has 55 heteroatoms. The number of carbonyl (C=O) groups is 10. The van der Waals surface area contributed by atoms with E-state index in [2.05, 4.69) is 0 Å². The SMILES string of the molecule is O=C1OC[C@H]2OC(=O)c3cc(O)c(O)c(O)c3-c3c(O)c(O)c(O)c4c3C(=O)O[C@H](C3OC(=O)c5c-4c(O)c(O)c(O)c5C3c3c(O)c(O)c(O)c4c3C(=O)OC[C@H]3OC(=O)c5cc(O)c(O)c(O)c5-c5c(O)c(O)c(O)c6c5C(=O)O[C@H]([C@H]5OC(=O)c7c-6c(O)c(O)c(O)c7[C@H]5[C@]5(O)OC[C@@H](O)[C@H](O)[C@H]5O)[C@@H]3OC(=O)c3cc(O)c(O)c(O)c3-4)[C@@H]2OC(=O)c2cc(O)c(O)c(O)c2-c2c1cc(O)c(O)c2O. The summed E-state index contributed by atoms with van der Waals surface area (Å²) in [5.74, 6) is -94.2. The van der Waals surface area contributed by atoms with E-state index in [1.54, 1.807) is 0 Å². The van der Waals surface area contributed by atoms with Crippen LogP contribution in [0.4, 0.5) is 0 Å². The summed E-state index contributed by atoms with van der Waals surface area (Å²) in [6, 6.07) is 0.287. The molecule has 0 amide bonds. The summed E-state index contributed by atoms with van der Waals surface area (Å²) in [5.41, 5.74) is -44.4. The van der Waals surface area contributed by atoms with E-state index < -0.39 is 476 Å². The van der Waals surface area contributed by atoms with E-state index in [0.29, 0.717) is 0 Å². The number of aliphatic hydroxyl groups excluding tert-OH is 3. The molecular weight excluding hydrogens is 1920 g/mol. The van der Waals surface area contributed by atoms with Crippen LogP contribution in [-0.4, -0.2) is 326 Å². The molecule has 10 aromatic rings. The molecule has 11 aliphatic rings. The van der Waals surface area contributed by atoms with Gasteiger partial charge in [-0.05, 0) is 30.3 Å². The zero-order valence-corrected chi connectivity index (χ0v) is 69.3. The van der Waals surface area contributed by atoms with Crippen molar-refractivity contribution in [3.05, 3.63) is 103 Å². The van der Waals surface area contributed by atoms with Gasteiger partial charge in [-0.3, -0.25) is 0 Å². The van der Waals surface area contributed by atoms with Gasteiger partial charge >= 0.3 is 59.7 Å². The molecule has 12 bridgehead atoms. The highest BCUT2D eigenvalue weighted by atomic mass is 16.7. The Kier molecular flexibility index (Phi) is 19.9. The molecule has 14 atom stereocenters. The average molecular weight is 1980 g/mol. The van der Waals surface area contributed by atoms with E-state index >= 15 is 47.9 Å². The Labute approximate surface area is 777 Å². The number of hydrogen-bond acceptors (Lipinski definition) is 55. The summed E-state index contributed by atoms with van der Waals surface area (Å²) in [5, 5.41) is 408. The highest BCUT2D eigenvalue weighted by Crippen LogP contribution is 2.69. The van der Waals surface area contributed by atoms with Crippen molar-refractivity contribution >= 4 is 59.7 Å². The molecule has 0 aromatic heterocycles. The van der Waals surface area contributed by atoms with Crippen molar-refractivity contribution in [3.63, 3.8) is 0 Å². The number of carbonyl (C=O) groups excluding carboxylic acids is 10. The lowest BCUT2D eigenvalue weighted by Gasteiger charge is -2.51. The van der Waals surface area contributed by atoms with Crippen LogP contribution >= 0.6 is 0 Å². The number of hydrogen-bond donors (Lipinski definition) is 34. The van der Waals surface area contributed by atoms with Gasteiger partial charge in [0.25, 0.3) is 0 Å². The Balaban J connectivity index is 0.930. The molecule has 55 nitrogen and oxygen atoms in total. The fraction of sp³-hybridized carbons (Fsp3) is 0.195. The second-order valence-electron chi connectivity index (χ2n) is 32.9. The summed E-state index contributed by atoms with van der Waals surface area (Å²) < 4.78 is 65.0. The Morgan fingerprint density at radius 1 is 0.218 bits per heavy atom. The molecule has 11 heterocycles. The maximum atomic E-state index is 17.1. The molecular formula is C87H58O55. The van der Waals surface area contributed by atoms with Gasteiger partial charge in [0, 0.05) is 83.5 Å². The number of phenols is 30. The molecule has 142 heavy (non-hydrogen) atoms. The number of cyclic esters (lactones) is 2. The number of esters is 10. The zero-order valence-electron chi connectivity index (χ0n) is 69.3. The molecule has 1 saturated heterocycles. The number of benzene rings is 10. The quantitative estimate of drug-likeness (QED) is 0.0649. The van der Waals surface area contributed by atoms with Crippen molar-refractivity contribution < 1.29 is 274 Å². The van der Waals surface area contributed by atoms with Crippen molar-refractivity contribution in [2.45, 2.75) is 84.8 Å². The van der Waals surface area contributed by atoms with Crippen LogP contribution in [-0.2, 0) is 52.1 Å². The third-order valence-corrected chi connectivity index (χ3v) is 25.5. The van der Waals surface area contributed by atoms with Gasteiger partial charge in [0.2, 0.25) is 63.3 Å². The lowest BCUT2D eigenvalue weighted by atomic mass is 9.71. The van der Waals surface area contributed by atoms with E-state index in [1.807, 2.05) is 0 Å². The van der Waals surface area contributed by atoms with Crippen LogP contribution in [0.25, 0.3) is 66.8 Å². The lowest BCUT2D eigenvalue weighted by Crippen LogP contribution is -2.68. The number of ether oxygens (including phenoxy) is 11. The van der Waals surface area contributed by atoms with Gasteiger partial charge in [0.05, 0.1) is 74.1 Å². The van der Waals surface area contributed by atoms with Crippen LogP contribution < -0.4 is 0 Å². The van der Waals surface area contributed by atoms with E-state index in [0.717, 1.165) is 0 Å². The van der Waals surface area contributed by atoms with E-state index in [9.17, 15) is 174 Å². The Morgan fingerprint density at radius 3 is 0.817 bits per heavy atom. The first-order valence-electron chi connectivity index (χ1n) is 40.1. The summed E-state index contributed by atoms with van der Waals surface area (Å²) in [7, 11) is 0. The third-order valence-electron chi connectivity index (χ3n) is 25.5. The molecule has 736 valence electrons. The normalized spacial score (nSPS) is 23.5. The molecule has 0 saturated carbocycles. The largest absolute Gasteiger partial charge is 0.504 e. The minimum Gasteiger partial charge on any atom is -0.504 e. The Bertz CT molecular complexity index is 7630. The van der Waals surface area contributed by atoms with Crippen LogP contribution in [0.3, 0.4) is 0 Å². The minimum atomic E-state index is -4.09. The lowest BCUT2D eigenvalue weighted by molar-refractivity contribution is -0.341. The predicted molar refractivity (Wildman–Crippen MR) is 436 cm³/mol. The Hall–Kier alpha value is -19.3. The molecule has 34 N–H and O–H groups in total. The van der Waals surface area contributed by atoms with Crippen LogP contribution in [0.1, 0.15) is 132 Å². The van der Waals surface area contributed by atoms with E-state index in [-0.39, 0.29) is 30.3 Å². The second kappa shape index (κ2) is 30.9. The molecule has 0 aliphatic carbocycles. The monoisotopic (exact) mass is 1980 g/mol. The van der Waals surface area contributed by atoms with Crippen LogP contribution in [0.5, 0.6) is 172 Å². The highest BCUT2D eigenvalue weighted by Gasteiger charge is 2.67. The first kappa shape index (κ1) is 91.8. The molecule has 0 radical (unpaired) electrons. The van der Waals surface area contributed by atoms with Gasteiger partial charge in [0.15, 0.2) is 164 Å². The average Bonchev–Trinajstić information content (AvgIpc) is 1.06. The highest BCUT2D eigenvalue weighted by molar-refractivity contribution is 6.20. The number of aliphatic hydroxyl groups is 4. The summed E-state index contributed by atoms with van der Waals surface area (Å²) in [4.78, 5) is 161. The molecule has 10 aromatic carbocycles. The van der Waals surface area contributed by atoms with Gasteiger partial charge in [-0.15, -0.1) is 0 Å². The van der Waals surface area contributed by atoms with Crippen LogP contribution in [0.15, 0.2) is 30.3 Å². The fourth-order valence-corrected chi connectivity index (χ4v) is 19.1. The molecule has 0 spiro atoms. The number of aromatic hydroxyl groups is 30. The van der Waals surface area contributed by atoms with E-state index in [4.69, 9.17) is 52.1 Å². The second-order valence-corrected chi connectivity index (χ2v) is 32.9. The number of fused-ring (bicyclic) bond motifs is 14. The minimum absolute atomic E-state index is 0.0391. The molecule has 21 rings (SSSR count). The van der Waals surface area contributed by atoms with Crippen molar-refractivity contribution in [2.75, 3.05) is 19.8 Å². The molecule has 11 aliphatic heterocycles. The van der Waals surface area contributed by atoms with Crippen molar-refractivity contribution in [1.29, 1.82) is 0 Å². The van der Waals surface area contributed by atoms with Crippen molar-refractivity contribution in [3.8, 4) is 239 Å². The zero-order chi connectivity index (χ0) is 103. The molecule has 2 unspecified atom stereocenters. The summed E-state index contributed by atoms with van der Waals surface area (Å²) in [6.45, 7) is -5.85. The maximum Gasteiger partial charge on any atom is 0.340 e. The standard InChI is InChI=1S/C87H58O55/c88-14-1-9-22(50(100)44(14)94)23-10(2-15(89)45(95)51(23)101)80(124)137-70-20(7-132-77(9)121)135-78(122)11-3-16(90)46(96)52(102)24(11)28-38-30(58(108)65(115)56(28)106)31-40-35(63(113)68(118)59(31)109)36(72(139-83(40)127)74(70)141-84(38)128)34-37-27(55(105)67(117)62(34)112)26-13(5-18(92)48(98)54(26)104)81(125)138-71-21(8-133-82(37)126)136-79(123)12-4-17(91)47(97)53(103)25(12)29-39-32(60(110)66(116)57(29)107)33-41-42(64(114)69(119)61(33)111)43(73(140-86(41)130)75(71)142-85(39)129)87(131)76(120)49(99)19(93)6-134-87/h1-5,19-21,36,43,49,70-76,88-120,131H,6-8H2/t19-,20-,21-,36?,43-,49+,70-,71-,72?,73+,74+,75+,76-,87+/m1/s1. The number of phenolic OH excluding ortho intramolecular Hbond substituents is 30. The number of rotatable bonds is 2. The Morgan fingerprint density at radius 2 is 0.458 bits per heavy atom. The van der Waals surface area contributed by atoms with Crippen LogP contribution in [0.2, 0.25) is 0 Å². The third kappa shape index (κ3) is 12.2. The van der Waals surface area contributed by atoms with Gasteiger partial charge in [0.1, 0.15) is 31.5 Å². The topological polar surface area (TPSA) is 960 Å². The van der Waals surface area contributed by atoms with Gasteiger partial charge < -0.3 is 226 Å². The summed E-state index contributed by atoms with van der Waals surface area (Å²) >= 11 is 0. The van der Waals surface area contributed by atoms with Gasteiger partial charge in [-0.25, -0.2) is 47.9 Å². The molecule has 1 fully saturated rings. The van der Waals surface area contributed by atoms with Crippen molar-refractivity contribution in [1.82, 2.24) is 0 Å². The fourth-order valence-electron chi connectivity index (χ4n) is 19.1.